The summed E-state index contributed by atoms with van der Waals surface area (Å²) in [6, 6.07) is 4.15. The maximum atomic E-state index is 5.73. The summed E-state index contributed by atoms with van der Waals surface area (Å²) in [7, 11) is 0. The Morgan fingerprint density at radius 3 is 3.10 bits per heavy atom. The van der Waals surface area contributed by atoms with E-state index in [0.29, 0.717) is 0 Å². The lowest BCUT2D eigenvalue weighted by Gasteiger charge is -2.04. The van der Waals surface area contributed by atoms with E-state index in [-0.39, 0.29) is 5.37 Å². The molecule has 1 aromatic heterocycles. The van der Waals surface area contributed by atoms with Crippen molar-refractivity contribution in [2.24, 2.45) is 5.73 Å². The van der Waals surface area contributed by atoms with E-state index in [9.17, 15) is 0 Å². The van der Waals surface area contributed by atoms with Gasteiger partial charge in [0.25, 0.3) is 0 Å². The highest BCUT2D eigenvalue weighted by Gasteiger charge is 2.00. The molecule has 3 heteroatoms. The van der Waals surface area contributed by atoms with Gasteiger partial charge in [-0.15, -0.1) is 11.3 Å². The number of hydrogen-bond donors (Lipinski definition) is 1. The SMILES string of the molecule is CCC(N)Sc1cccs1. The van der Waals surface area contributed by atoms with Crippen molar-refractivity contribution in [1.29, 1.82) is 0 Å². The quantitative estimate of drug-likeness (QED) is 0.561. The first-order valence-electron chi connectivity index (χ1n) is 3.28. The Balaban J connectivity index is 2.40. The second-order valence-electron chi connectivity index (χ2n) is 2.00. The molecule has 0 saturated heterocycles. The van der Waals surface area contributed by atoms with Gasteiger partial charge in [0.15, 0.2) is 0 Å². The standard InChI is InChI=1S/C7H11NS2/c1-2-6(8)10-7-4-3-5-9-7/h3-6H,2,8H2,1H3. The van der Waals surface area contributed by atoms with E-state index in [4.69, 9.17) is 5.73 Å². The van der Waals surface area contributed by atoms with Gasteiger partial charge < -0.3 is 5.73 Å². The summed E-state index contributed by atoms with van der Waals surface area (Å²) in [6.07, 6.45) is 1.03. The zero-order valence-corrected chi connectivity index (χ0v) is 7.54. The molecule has 0 fully saturated rings. The van der Waals surface area contributed by atoms with Gasteiger partial charge in [-0.2, -0.15) is 0 Å². The predicted molar refractivity (Wildman–Crippen MR) is 48.4 cm³/mol. The Morgan fingerprint density at radius 2 is 2.60 bits per heavy atom. The summed E-state index contributed by atoms with van der Waals surface area (Å²) in [5.74, 6) is 0. The first-order chi connectivity index (χ1) is 4.83. The molecule has 0 amide bonds. The minimum Gasteiger partial charge on any atom is -0.319 e. The van der Waals surface area contributed by atoms with E-state index < -0.39 is 0 Å². The third-order valence-corrected chi connectivity index (χ3v) is 3.41. The molecule has 1 nitrogen and oxygen atoms in total. The maximum Gasteiger partial charge on any atom is 0.0613 e. The molecule has 1 rings (SSSR count). The minimum atomic E-state index is 0.263. The monoisotopic (exact) mass is 173 g/mol. The molecule has 0 aromatic carbocycles. The Kier molecular flexibility index (Phi) is 3.25. The van der Waals surface area contributed by atoms with E-state index in [1.807, 2.05) is 0 Å². The van der Waals surface area contributed by atoms with Crippen molar-refractivity contribution in [3.05, 3.63) is 17.5 Å². The van der Waals surface area contributed by atoms with Crippen molar-refractivity contribution in [2.75, 3.05) is 0 Å². The molecule has 2 N–H and O–H groups in total. The van der Waals surface area contributed by atoms with Crippen molar-refractivity contribution in [1.82, 2.24) is 0 Å². The summed E-state index contributed by atoms with van der Waals surface area (Å²) in [4.78, 5) is 0. The van der Waals surface area contributed by atoms with E-state index in [1.54, 1.807) is 23.1 Å². The second-order valence-corrected chi connectivity index (χ2v) is 4.48. The molecule has 1 atom stereocenters. The smallest absolute Gasteiger partial charge is 0.0613 e. The van der Waals surface area contributed by atoms with Gasteiger partial charge in [-0.25, -0.2) is 0 Å². The number of nitrogens with two attached hydrogens (primary N) is 1. The van der Waals surface area contributed by atoms with E-state index >= 15 is 0 Å². The fourth-order valence-electron chi connectivity index (χ4n) is 0.563. The van der Waals surface area contributed by atoms with Gasteiger partial charge in [-0.3, -0.25) is 0 Å². The Hall–Kier alpha value is 0.01000. The van der Waals surface area contributed by atoms with Gasteiger partial charge in [0.1, 0.15) is 0 Å². The molecule has 1 heterocycles. The molecule has 0 aliphatic heterocycles. The Labute approximate surface area is 69.6 Å². The van der Waals surface area contributed by atoms with Gasteiger partial charge in [0, 0.05) is 0 Å². The van der Waals surface area contributed by atoms with Gasteiger partial charge in [0.2, 0.25) is 0 Å². The summed E-state index contributed by atoms with van der Waals surface area (Å²) in [5.41, 5.74) is 5.73. The molecule has 10 heavy (non-hydrogen) atoms. The highest BCUT2D eigenvalue weighted by Crippen LogP contribution is 2.26. The minimum absolute atomic E-state index is 0.263. The highest BCUT2D eigenvalue weighted by molar-refractivity contribution is 8.01. The van der Waals surface area contributed by atoms with Crippen LogP contribution >= 0.6 is 23.1 Å². The summed E-state index contributed by atoms with van der Waals surface area (Å²) >= 11 is 3.50. The number of thiophene rings is 1. The van der Waals surface area contributed by atoms with E-state index in [0.717, 1.165) is 6.42 Å². The van der Waals surface area contributed by atoms with Crippen LogP contribution in [0.4, 0.5) is 0 Å². The van der Waals surface area contributed by atoms with Crippen LogP contribution in [0.5, 0.6) is 0 Å². The van der Waals surface area contributed by atoms with E-state index in [1.165, 1.54) is 4.21 Å². The van der Waals surface area contributed by atoms with Gasteiger partial charge in [-0.1, -0.05) is 24.8 Å². The zero-order valence-electron chi connectivity index (χ0n) is 5.91. The topological polar surface area (TPSA) is 26.0 Å². The molecule has 0 aliphatic rings. The predicted octanol–water partition coefficient (Wildman–Crippen LogP) is 2.54. The average Bonchev–Trinajstić information content (AvgIpc) is 2.40. The van der Waals surface area contributed by atoms with Crippen LogP contribution in [0, 0.1) is 0 Å². The lowest BCUT2D eigenvalue weighted by molar-refractivity contribution is 0.869. The van der Waals surface area contributed by atoms with Crippen molar-refractivity contribution in [3.63, 3.8) is 0 Å². The molecule has 0 spiro atoms. The molecular weight excluding hydrogens is 162 g/mol. The van der Waals surface area contributed by atoms with Crippen molar-refractivity contribution < 1.29 is 0 Å². The molecule has 1 aromatic rings. The van der Waals surface area contributed by atoms with Crippen LogP contribution in [0.1, 0.15) is 13.3 Å². The largest absolute Gasteiger partial charge is 0.319 e. The fraction of sp³-hybridized carbons (Fsp3) is 0.429. The normalized spacial score (nSPS) is 13.4. The van der Waals surface area contributed by atoms with Gasteiger partial charge >= 0.3 is 0 Å². The fourth-order valence-corrected chi connectivity index (χ4v) is 2.39. The molecule has 0 aliphatic carbocycles. The van der Waals surface area contributed by atoms with E-state index in [2.05, 4.69) is 24.4 Å². The molecule has 0 radical (unpaired) electrons. The molecule has 1 unspecified atom stereocenters. The van der Waals surface area contributed by atoms with Crippen LogP contribution in [0.3, 0.4) is 0 Å². The van der Waals surface area contributed by atoms with Crippen molar-refractivity contribution in [2.45, 2.75) is 22.9 Å². The van der Waals surface area contributed by atoms with Gasteiger partial charge in [-0.05, 0) is 17.9 Å². The van der Waals surface area contributed by atoms with Crippen LogP contribution in [0.25, 0.3) is 0 Å². The lowest BCUT2D eigenvalue weighted by atomic mass is 10.5. The summed E-state index contributed by atoms with van der Waals surface area (Å²) in [5, 5.41) is 2.34. The first-order valence-corrected chi connectivity index (χ1v) is 5.04. The zero-order chi connectivity index (χ0) is 7.40. The molecule has 0 bridgehead atoms. The van der Waals surface area contributed by atoms with Crippen LogP contribution in [-0.2, 0) is 0 Å². The maximum absolute atomic E-state index is 5.73. The van der Waals surface area contributed by atoms with Gasteiger partial charge in [0.05, 0.1) is 9.58 Å². The number of rotatable bonds is 3. The third kappa shape index (κ3) is 2.33. The third-order valence-electron chi connectivity index (χ3n) is 1.16. The summed E-state index contributed by atoms with van der Waals surface area (Å²) < 4.78 is 1.31. The average molecular weight is 173 g/mol. The Bertz CT molecular complexity index is 172. The van der Waals surface area contributed by atoms with Crippen LogP contribution in [0.15, 0.2) is 21.7 Å². The van der Waals surface area contributed by atoms with Crippen molar-refractivity contribution in [3.8, 4) is 0 Å². The van der Waals surface area contributed by atoms with Crippen LogP contribution in [0.2, 0.25) is 0 Å². The molecular formula is C7H11NS2. The second kappa shape index (κ2) is 4.01. The Morgan fingerprint density at radius 1 is 1.80 bits per heavy atom. The number of thioether (sulfide) groups is 1. The van der Waals surface area contributed by atoms with Crippen molar-refractivity contribution >= 4 is 23.1 Å². The first kappa shape index (κ1) is 8.11. The highest BCUT2D eigenvalue weighted by atomic mass is 32.2. The molecule has 56 valence electrons. The van der Waals surface area contributed by atoms with Crippen LogP contribution < -0.4 is 5.73 Å². The lowest BCUT2D eigenvalue weighted by Crippen LogP contribution is -2.12. The summed E-state index contributed by atoms with van der Waals surface area (Å²) in [6.45, 7) is 2.10. The molecule has 0 saturated carbocycles. The van der Waals surface area contributed by atoms with Crippen LogP contribution in [-0.4, -0.2) is 5.37 Å². The number of hydrogen-bond acceptors (Lipinski definition) is 3.